The normalized spacial score (nSPS) is 10.2. The summed E-state index contributed by atoms with van der Waals surface area (Å²) < 4.78 is 13.0. The molecular formula is C11H8FS. The summed E-state index contributed by atoms with van der Waals surface area (Å²) in [6, 6.07) is 12.2. The van der Waals surface area contributed by atoms with Crippen LogP contribution >= 0.6 is 11.3 Å². The summed E-state index contributed by atoms with van der Waals surface area (Å²) in [5.74, 6) is -0.109. The molecule has 0 bridgehead atoms. The van der Waals surface area contributed by atoms with Crippen molar-refractivity contribution in [3.8, 4) is 0 Å². The Morgan fingerprint density at radius 1 is 1.31 bits per heavy atom. The smallest absolute Gasteiger partial charge is 0.137 e. The summed E-state index contributed by atoms with van der Waals surface area (Å²) in [7, 11) is 0. The van der Waals surface area contributed by atoms with Crippen molar-refractivity contribution >= 4 is 11.3 Å². The van der Waals surface area contributed by atoms with Crippen molar-refractivity contribution < 1.29 is 4.39 Å². The fraction of sp³-hybridized carbons (Fsp3) is 0.0909. The van der Waals surface area contributed by atoms with Crippen LogP contribution in [0.15, 0.2) is 35.7 Å². The Morgan fingerprint density at radius 3 is 2.85 bits per heavy atom. The highest BCUT2D eigenvalue weighted by Crippen LogP contribution is 2.18. The maximum Gasteiger partial charge on any atom is 0.137 e. The zero-order chi connectivity index (χ0) is 9.10. The lowest BCUT2D eigenvalue weighted by molar-refractivity contribution is 0.622. The first-order valence-electron chi connectivity index (χ1n) is 4.04. The van der Waals surface area contributed by atoms with Gasteiger partial charge in [0.25, 0.3) is 0 Å². The number of rotatable bonds is 2. The zero-order valence-corrected chi connectivity index (χ0v) is 7.77. The quantitative estimate of drug-likeness (QED) is 0.683. The van der Waals surface area contributed by atoms with E-state index in [9.17, 15) is 4.39 Å². The second-order valence-electron chi connectivity index (χ2n) is 2.76. The minimum Gasteiger partial charge on any atom is -0.206 e. The van der Waals surface area contributed by atoms with Crippen molar-refractivity contribution in [2.75, 3.05) is 0 Å². The summed E-state index contributed by atoms with van der Waals surface area (Å²) in [5, 5.41) is 1.77. The van der Waals surface area contributed by atoms with Crippen LogP contribution in [-0.2, 0) is 6.42 Å². The highest BCUT2D eigenvalue weighted by atomic mass is 32.1. The van der Waals surface area contributed by atoms with Gasteiger partial charge in [-0.1, -0.05) is 24.3 Å². The molecule has 2 rings (SSSR count). The van der Waals surface area contributed by atoms with Crippen LogP contribution in [0.5, 0.6) is 0 Å². The Hall–Kier alpha value is -1.15. The molecule has 2 aromatic rings. The molecule has 0 amide bonds. The van der Waals surface area contributed by atoms with Crippen molar-refractivity contribution in [1.29, 1.82) is 0 Å². The topological polar surface area (TPSA) is 0 Å². The maximum absolute atomic E-state index is 13.0. The summed E-state index contributed by atoms with van der Waals surface area (Å²) in [6.07, 6.45) is 0.643. The van der Waals surface area contributed by atoms with Gasteiger partial charge in [-0.05, 0) is 23.1 Å². The van der Waals surface area contributed by atoms with E-state index in [1.54, 1.807) is 5.38 Å². The predicted molar refractivity (Wildman–Crippen MR) is 52.4 cm³/mol. The predicted octanol–water partition coefficient (Wildman–Crippen LogP) is 3.28. The number of thiophene rings is 1. The lowest BCUT2D eigenvalue weighted by Crippen LogP contribution is -1.86. The molecule has 0 unspecified atom stereocenters. The molecule has 0 atom stereocenters. The van der Waals surface area contributed by atoms with Crippen LogP contribution in [0, 0.1) is 11.9 Å². The highest BCUT2D eigenvalue weighted by molar-refractivity contribution is 7.09. The zero-order valence-electron chi connectivity index (χ0n) is 6.96. The molecular weight excluding hydrogens is 183 g/mol. The van der Waals surface area contributed by atoms with Crippen LogP contribution in [0.1, 0.15) is 10.4 Å². The van der Waals surface area contributed by atoms with Crippen molar-refractivity contribution in [2.45, 2.75) is 6.42 Å². The number of halogens is 1. The van der Waals surface area contributed by atoms with E-state index < -0.39 is 0 Å². The van der Waals surface area contributed by atoms with Gasteiger partial charge in [0.1, 0.15) is 5.82 Å². The molecule has 1 heterocycles. The van der Waals surface area contributed by atoms with Crippen LogP contribution in [0.25, 0.3) is 0 Å². The van der Waals surface area contributed by atoms with E-state index in [-0.39, 0.29) is 5.82 Å². The van der Waals surface area contributed by atoms with Gasteiger partial charge in [-0.3, -0.25) is 0 Å². The Morgan fingerprint density at radius 2 is 2.23 bits per heavy atom. The summed E-state index contributed by atoms with van der Waals surface area (Å²) in [5.41, 5.74) is 1.03. The molecule has 0 nitrogen and oxygen atoms in total. The van der Waals surface area contributed by atoms with Crippen LogP contribution in [0.2, 0.25) is 0 Å². The van der Waals surface area contributed by atoms with Crippen LogP contribution in [0.4, 0.5) is 4.39 Å². The first-order valence-corrected chi connectivity index (χ1v) is 4.91. The first kappa shape index (κ1) is 8.45. The molecule has 65 valence electrons. The van der Waals surface area contributed by atoms with Crippen LogP contribution in [-0.4, -0.2) is 0 Å². The third kappa shape index (κ3) is 1.95. The maximum atomic E-state index is 13.0. The van der Waals surface area contributed by atoms with E-state index in [0.717, 1.165) is 10.4 Å². The van der Waals surface area contributed by atoms with Crippen molar-refractivity contribution in [1.82, 2.24) is 0 Å². The minimum atomic E-state index is -0.109. The van der Waals surface area contributed by atoms with Crippen LogP contribution in [0.3, 0.4) is 0 Å². The molecule has 0 saturated heterocycles. The van der Waals surface area contributed by atoms with Gasteiger partial charge < -0.3 is 0 Å². The molecule has 0 N–H and O–H groups in total. The summed E-state index contributed by atoms with van der Waals surface area (Å²) in [6.45, 7) is 0. The molecule has 1 aromatic heterocycles. The van der Waals surface area contributed by atoms with E-state index in [1.165, 1.54) is 17.4 Å². The molecule has 0 saturated carbocycles. The summed E-state index contributed by atoms with van der Waals surface area (Å²) >= 11 is 1.45. The molecule has 0 aliphatic rings. The van der Waals surface area contributed by atoms with Gasteiger partial charge in [0, 0.05) is 11.3 Å². The third-order valence-electron chi connectivity index (χ3n) is 1.82. The Kier molecular flexibility index (Phi) is 2.41. The standard InChI is InChI=1S/C11H8FS/c12-10-6-7-13-11(10)8-9-4-2-1-3-5-9/h1-4,6-7H,8H2. The fourth-order valence-corrected chi connectivity index (χ4v) is 1.94. The molecule has 0 aliphatic carbocycles. The fourth-order valence-electron chi connectivity index (χ4n) is 1.16. The van der Waals surface area contributed by atoms with E-state index in [1.807, 2.05) is 24.3 Å². The average Bonchev–Trinajstić information content (AvgIpc) is 2.54. The number of hydrogen-bond donors (Lipinski definition) is 0. The second kappa shape index (κ2) is 3.71. The van der Waals surface area contributed by atoms with E-state index in [0.29, 0.717) is 6.42 Å². The Bertz CT molecular complexity index is 378. The van der Waals surface area contributed by atoms with Crippen molar-refractivity contribution in [3.05, 3.63) is 58.0 Å². The average molecular weight is 191 g/mol. The second-order valence-corrected chi connectivity index (χ2v) is 3.76. The molecule has 1 radical (unpaired) electrons. The Labute approximate surface area is 80.7 Å². The van der Waals surface area contributed by atoms with Gasteiger partial charge in [-0.15, -0.1) is 11.3 Å². The van der Waals surface area contributed by atoms with Gasteiger partial charge in [0.05, 0.1) is 0 Å². The Balaban J connectivity index is 2.20. The van der Waals surface area contributed by atoms with Gasteiger partial charge >= 0.3 is 0 Å². The third-order valence-corrected chi connectivity index (χ3v) is 2.71. The van der Waals surface area contributed by atoms with E-state index in [4.69, 9.17) is 0 Å². The molecule has 0 spiro atoms. The number of hydrogen-bond acceptors (Lipinski definition) is 1. The summed E-state index contributed by atoms with van der Waals surface area (Å²) in [4.78, 5) is 0.780. The molecule has 2 heteroatoms. The SMILES string of the molecule is Fc1ccsc1Cc1[c]cccc1. The van der Waals surface area contributed by atoms with Gasteiger partial charge in [-0.2, -0.15) is 0 Å². The van der Waals surface area contributed by atoms with Crippen LogP contribution < -0.4 is 0 Å². The monoisotopic (exact) mass is 191 g/mol. The minimum absolute atomic E-state index is 0.109. The van der Waals surface area contributed by atoms with Gasteiger partial charge in [0.15, 0.2) is 0 Å². The highest BCUT2D eigenvalue weighted by Gasteiger charge is 2.03. The van der Waals surface area contributed by atoms with E-state index in [2.05, 4.69) is 6.07 Å². The molecule has 0 fully saturated rings. The first-order chi connectivity index (χ1) is 6.36. The largest absolute Gasteiger partial charge is 0.206 e. The molecule has 1 aromatic carbocycles. The van der Waals surface area contributed by atoms with Crippen molar-refractivity contribution in [3.63, 3.8) is 0 Å². The molecule has 0 aliphatic heterocycles. The van der Waals surface area contributed by atoms with Crippen molar-refractivity contribution in [2.24, 2.45) is 0 Å². The van der Waals surface area contributed by atoms with Gasteiger partial charge in [-0.25, -0.2) is 4.39 Å². The van der Waals surface area contributed by atoms with E-state index >= 15 is 0 Å². The lowest BCUT2D eigenvalue weighted by Gasteiger charge is -1.96. The molecule has 13 heavy (non-hydrogen) atoms. The lowest BCUT2D eigenvalue weighted by atomic mass is 10.1. The van der Waals surface area contributed by atoms with Gasteiger partial charge in [0.2, 0.25) is 0 Å². The number of benzene rings is 1.